The first-order chi connectivity index (χ1) is 22.5. The number of benzene rings is 5. The van der Waals surface area contributed by atoms with Crippen LogP contribution in [-0.4, -0.2) is 22.4 Å². The molecule has 0 aliphatic carbocycles. The van der Waals surface area contributed by atoms with Gasteiger partial charge in [-0.3, -0.25) is 0 Å². The van der Waals surface area contributed by atoms with Crippen molar-refractivity contribution in [1.29, 1.82) is 0 Å². The van der Waals surface area contributed by atoms with E-state index in [0.717, 1.165) is 46.2 Å². The van der Waals surface area contributed by atoms with Crippen LogP contribution in [0, 0.1) is 0 Å². The minimum absolute atomic E-state index is 0.403. The van der Waals surface area contributed by atoms with Gasteiger partial charge in [-0.2, -0.15) is 0 Å². The zero-order chi connectivity index (χ0) is 31.1. The highest BCUT2D eigenvalue weighted by Crippen LogP contribution is 2.50. The maximum atomic E-state index is 12.3. The second-order valence-electron chi connectivity index (χ2n) is 12.5. The van der Waals surface area contributed by atoms with Crippen molar-refractivity contribution in [3.05, 3.63) is 155 Å². The van der Waals surface area contributed by atoms with Crippen LogP contribution in [-0.2, 0) is 24.4 Å². The average Bonchev–Trinajstić information content (AvgIpc) is 3.55. The van der Waals surface area contributed by atoms with E-state index in [1.807, 2.05) is 121 Å². The molecule has 0 saturated heterocycles. The number of aliphatic hydroxyl groups is 2. The van der Waals surface area contributed by atoms with E-state index in [4.69, 9.17) is 18.9 Å². The van der Waals surface area contributed by atoms with Gasteiger partial charge >= 0.3 is 0 Å². The molecule has 0 amide bonds. The first-order valence-corrected chi connectivity index (χ1v) is 16.0. The summed E-state index contributed by atoms with van der Waals surface area (Å²) in [5.74, 6) is 2.63. The van der Waals surface area contributed by atoms with Crippen molar-refractivity contribution in [1.82, 2.24) is 0 Å². The van der Waals surface area contributed by atoms with Crippen molar-refractivity contribution in [2.45, 2.75) is 62.3 Å². The minimum atomic E-state index is -1.30. The molecule has 46 heavy (non-hydrogen) atoms. The molecule has 4 atom stereocenters. The maximum Gasteiger partial charge on any atom is 0.155 e. The van der Waals surface area contributed by atoms with Crippen molar-refractivity contribution in [2.75, 3.05) is 0 Å². The Bertz CT molecular complexity index is 1700. The summed E-state index contributed by atoms with van der Waals surface area (Å²) in [4.78, 5) is 0. The summed E-state index contributed by atoms with van der Waals surface area (Å²) in [5, 5.41) is 24.7. The quantitative estimate of drug-likeness (QED) is 0.216. The Labute approximate surface area is 268 Å². The van der Waals surface area contributed by atoms with Gasteiger partial charge in [0.25, 0.3) is 0 Å². The van der Waals surface area contributed by atoms with E-state index >= 15 is 0 Å². The molecule has 5 aromatic rings. The Morgan fingerprint density at radius 2 is 0.913 bits per heavy atom. The molecule has 0 radical (unpaired) electrons. The topological polar surface area (TPSA) is 77.4 Å². The molecule has 0 aromatic heterocycles. The monoisotopic (exact) mass is 612 g/mol. The first kappa shape index (κ1) is 28.7. The van der Waals surface area contributed by atoms with E-state index in [9.17, 15) is 10.2 Å². The molecular weight excluding hydrogens is 576 g/mol. The van der Waals surface area contributed by atoms with Crippen LogP contribution in [0.1, 0.15) is 59.1 Å². The maximum absolute atomic E-state index is 12.3. The Balaban J connectivity index is 1.14. The molecule has 0 spiro atoms. The third-order valence-corrected chi connectivity index (χ3v) is 9.64. The predicted octanol–water partition coefficient (Wildman–Crippen LogP) is 7.41. The molecule has 4 aliphatic rings. The van der Waals surface area contributed by atoms with E-state index in [1.54, 1.807) is 0 Å². The Hall–Kier alpha value is -4.78. The molecule has 6 heteroatoms. The van der Waals surface area contributed by atoms with Crippen molar-refractivity contribution in [3.8, 4) is 23.0 Å². The Kier molecular flexibility index (Phi) is 7.19. The van der Waals surface area contributed by atoms with Crippen LogP contribution in [0.4, 0.5) is 0 Å². The van der Waals surface area contributed by atoms with Gasteiger partial charge in [-0.25, -0.2) is 0 Å². The van der Waals surface area contributed by atoms with Crippen molar-refractivity contribution in [2.24, 2.45) is 0 Å². The molecule has 0 saturated carbocycles. The smallest absolute Gasteiger partial charge is 0.155 e. The summed E-state index contributed by atoms with van der Waals surface area (Å²) in [6.07, 6.45) is 1.79. The van der Waals surface area contributed by atoms with Gasteiger partial charge in [0.1, 0.15) is 48.4 Å². The van der Waals surface area contributed by atoms with Gasteiger partial charge in [-0.15, -0.1) is 0 Å². The number of fused-ring (bicyclic) bond motifs is 7. The van der Waals surface area contributed by atoms with Gasteiger partial charge in [0.2, 0.25) is 0 Å². The second kappa shape index (κ2) is 11.5. The fourth-order valence-electron chi connectivity index (χ4n) is 7.16. The van der Waals surface area contributed by atoms with Crippen molar-refractivity contribution in [3.63, 3.8) is 0 Å². The molecule has 5 aromatic carbocycles. The zero-order valence-corrected chi connectivity index (χ0v) is 25.5. The molecule has 6 nitrogen and oxygen atoms in total. The molecule has 9 rings (SSSR count). The predicted molar refractivity (Wildman–Crippen MR) is 174 cm³/mol. The van der Waals surface area contributed by atoms with Gasteiger partial charge in [0, 0.05) is 23.3 Å². The van der Waals surface area contributed by atoms with Crippen LogP contribution < -0.4 is 18.9 Å². The minimum Gasteiger partial charge on any atom is -0.489 e. The molecule has 4 aliphatic heterocycles. The molecule has 2 N–H and O–H groups in total. The molecule has 4 heterocycles. The van der Waals surface area contributed by atoms with Crippen LogP contribution in [0.5, 0.6) is 23.0 Å². The lowest BCUT2D eigenvalue weighted by Gasteiger charge is -2.31. The Morgan fingerprint density at radius 1 is 0.500 bits per heavy atom. The van der Waals surface area contributed by atoms with Crippen LogP contribution in [0.2, 0.25) is 0 Å². The van der Waals surface area contributed by atoms with Gasteiger partial charge < -0.3 is 29.2 Å². The van der Waals surface area contributed by atoms with Crippen LogP contribution in [0.15, 0.2) is 121 Å². The van der Waals surface area contributed by atoms with Crippen molar-refractivity contribution < 1.29 is 29.2 Å². The van der Waals surface area contributed by atoms with Gasteiger partial charge in [-0.05, 0) is 72.2 Å². The van der Waals surface area contributed by atoms with E-state index in [2.05, 4.69) is 0 Å². The SMILES string of the molecule is OC1(c2ccccc2)c2ccc3cc2OC1CCCCC1Oc2cc(ccc2C1(O)c1ccccc1)OCc1ccc(cc1)CO3. The van der Waals surface area contributed by atoms with Gasteiger partial charge in [0.05, 0.1) is 0 Å². The average molecular weight is 613 g/mol. The Morgan fingerprint density at radius 3 is 1.33 bits per heavy atom. The molecule has 0 fully saturated rings. The second-order valence-corrected chi connectivity index (χ2v) is 12.5. The highest BCUT2D eigenvalue weighted by Gasteiger charge is 2.50. The summed E-state index contributed by atoms with van der Waals surface area (Å²) in [5.41, 5.74) is 2.52. The normalized spacial score (nSPS) is 25.1. The lowest BCUT2D eigenvalue weighted by molar-refractivity contribution is -0.0179. The van der Waals surface area contributed by atoms with Gasteiger partial charge in [0.15, 0.2) is 11.2 Å². The summed E-state index contributed by atoms with van der Waals surface area (Å²) in [6.45, 7) is 0.805. The van der Waals surface area contributed by atoms with Crippen LogP contribution in [0.3, 0.4) is 0 Å². The zero-order valence-electron chi connectivity index (χ0n) is 25.5. The summed E-state index contributed by atoms with van der Waals surface area (Å²) < 4.78 is 25.3. The van der Waals surface area contributed by atoms with E-state index in [1.165, 1.54) is 0 Å². The standard InChI is InChI=1S/C40H36O6/c41-39(29-9-3-1-4-10-29)33-21-19-31-23-35(33)45-37(39)13-7-8-14-38-40(42,30-11-5-2-6-12-30)34-22-20-32(24-36(34)46-38)44-26-28-17-15-27(16-18-28)25-43-31/h1-6,9-12,15-24,37-38,41-42H,7-8,13-14,25-26H2. The number of rotatable bonds is 2. The lowest BCUT2D eigenvalue weighted by atomic mass is 9.80. The van der Waals surface area contributed by atoms with Crippen LogP contribution >= 0.6 is 0 Å². The van der Waals surface area contributed by atoms with E-state index in [-0.39, 0.29) is 0 Å². The molecular formula is C40H36O6. The van der Waals surface area contributed by atoms with Crippen molar-refractivity contribution >= 4 is 0 Å². The number of hydrogen-bond donors (Lipinski definition) is 2. The highest BCUT2D eigenvalue weighted by molar-refractivity contribution is 5.54. The number of ether oxygens (including phenoxy) is 4. The summed E-state index contributed by atoms with van der Waals surface area (Å²) in [7, 11) is 0. The fraction of sp³-hybridized carbons (Fsp3) is 0.250. The fourth-order valence-corrected chi connectivity index (χ4v) is 7.16. The third-order valence-electron chi connectivity index (χ3n) is 9.64. The van der Waals surface area contributed by atoms with E-state index in [0.29, 0.717) is 49.1 Å². The largest absolute Gasteiger partial charge is 0.489 e. The number of hydrogen-bond acceptors (Lipinski definition) is 6. The van der Waals surface area contributed by atoms with E-state index < -0.39 is 23.4 Å². The van der Waals surface area contributed by atoms with Gasteiger partial charge in [-0.1, -0.05) is 84.9 Å². The summed E-state index contributed by atoms with van der Waals surface area (Å²) >= 11 is 0. The first-order valence-electron chi connectivity index (χ1n) is 16.0. The summed E-state index contributed by atoms with van der Waals surface area (Å²) in [6, 6.07) is 39.0. The highest BCUT2D eigenvalue weighted by atomic mass is 16.5. The molecule has 232 valence electrons. The lowest BCUT2D eigenvalue weighted by Crippen LogP contribution is -2.40. The molecule has 4 unspecified atom stereocenters. The van der Waals surface area contributed by atoms with Crippen LogP contribution in [0.25, 0.3) is 0 Å². The molecule has 8 bridgehead atoms. The third kappa shape index (κ3) is 4.89.